The predicted molar refractivity (Wildman–Crippen MR) is 84.4 cm³/mol. The molecule has 1 saturated carbocycles. The molecule has 0 amide bonds. The second-order valence-corrected chi connectivity index (χ2v) is 6.10. The van der Waals surface area contributed by atoms with Crippen LogP contribution in [0.3, 0.4) is 0 Å². The van der Waals surface area contributed by atoms with E-state index < -0.39 is 0 Å². The normalized spacial score (nSPS) is 18.1. The molecule has 0 spiro atoms. The Kier molecular flexibility index (Phi) is 4.44. The summed E-state index contributed by atoms with van der Waals surface area (Å²) in [5, 5.41) is 3.70. The fourth-order valence-corrected chi connectivity index (χ4v) is 3.48. The van der Waals surface area contributed by atoms with Crippen LogP contribution in [-0.4, -0.2) is 11.5 Å². The molecule has 114 valence electrons. The van der Waals surface area contributed by atoms with Crippen molar-refractivity contribution in [2.45, 2.75) is 51.5 Å². The third-order valence-corrected chi connectivity index (χ3v) is 4.54. The highest BCUT2D eigenvalue weighted by Crippen LogP contribution is 2.35. The van der Waals surface area contributed by atoms with E-state index in [4.69, 9.17) is 4.42 Å². The predicted octanol–water partition coefficient (Wildman–Crippen LogP) is 3.74. The molecule has 3 rings (SSSR count). The van der Waals surface area contributed by atoms with Crippen molar-refractivity contribution < 1.29 is 4.42 Å². The Morgan fingerprint density at radius 3 is 2.90 bits per heavy atom. The average Bonchev–Trinajstić information content (AvgIpc) is 2.88. The van der Waals surface area contributed by atoms with E-state index in [0.717, 1.165) is 18.5 Å². The number of aromatic nitrogens is 1. The summed E-state index contributed by atoms with van der Waals surface area (Å²) in [6.45, 7) is 3.22. The Hall–Kier alpha value is -1.55. The molecule has 0 radical (unpaired) electrons. The van der Waals surface area contributed by atoms with Crippen molar-refractivity contribution in [2.24, 2.45) is 5.92 Å². The maximum atomic E-state index is 11.3. The zero-order chi connectivity index (χ0) is 14.7. The second kappa shape index (κ2) is 6.48. The molecule has 1 aliphatic rings. The van der Waals surface area contributed by atoms with Crippen molar-refractivity contribution in [3.63, 3.8) is 0 Å². The number of H-pyrrole nitrogens is 1. The zero-order valence-electron chi connectivity index (χ0n) is 12.7. The van der Waals surface area contributed by atoms with E-state index >= 15 is 0 Å². The summed E-state index contributed by atoms with van der Waals surface area (Å²) in [5.74, 6) is 0.311. The third-order valence-electron chi connectivity index (χ3n) is 4.54. The number of fused-ring (bicyclic) bond motifs is 1. The molecule has 1 atom stereocenters. The van der Waals surface area contributed by atoms with Gasteiger partial charge in [0, 0.05) is 6.04 Å². The number of nitrogens with one attached hydrogen (secondary N) is 2. The number of hydrogen-bond acceptors (Lipinski definition) is 3. The Morgan fingerprint density at radius 2 is 2.14 bits per heavy atom. The van der Waals surface area contributed by atoms with Crippen molar-refractivity contribution in [1.82, 2.24) is 10.3 Å². The van der Waals surface area contributed by atoms with Crippen molar-refractivity contribution in [3.8, 4) is 0 Å². The highest BCUT2D eigenvalue weighted by molar-refractivity contribution is 5.72. The third kappa shape index (κ3) is 3.21. The van der Waals surface area contributed by atoms with Gasteiger partial charge in [-0.1, -0.05) is 32.3 Å². The lowest BCUT2D eigenvalue weighted by molar-refractivity contribution is 0.272. The van der Waals surface area contributed by atoms with Gasteiger partial charge in [0.25, 0.3) is 0 Å². The first-order valence-electron chi connectivity index (χ1n) is 8.14. The van der Waals surface area contributed by atoms with Crippen LogP contribution in [-0.2, 0) is 0 Å². The summed E-state index contributed by atoms with van der Waals surface area (Å²) < 4.78 is 5.21. The molecule has 1 unspecified atom stereocenters. The van der Waals surface area contributed by atoms with Gasteiger partial charge in [0.15, 0.2) is 5.58 Å². The molecular weight excluding hydrogens is 264 g/mol. The molecule has 0 bridgehead atoms. The van der Waals surface area contributed by atoms with Crippen LogP contribution < -0.4 is 11.1 Å². The molecule has 1 aliphatic carbocycles. The Bertz CT molecular complexity index is 638. The first-order valence-corrected chi connectivity index (χ1v) is 8.14. The van der Waals surface area contributed by atoms with Crippen molar-refractivity contribution in [2.75, 3.05) is 6.54 Å². The average molecular weight is 288 g/mol. The summed E-state index contributed by atoms with van der Waals surface area (Å²) in [5.41, 5.74) is 2.68. The Morgan fingerprint density at radius 1 is 1.33 bits per heavy atom. The molecule has 0 aliphatic heterocycles. The van der Waals surface area contributed by atoms with Crippen LogP contribution >= 0.6 is 0 Å². The zero-order valence-corrected chi connectivity index (χ0v) is 12.7. The highest BCUT2D eigenvalue weighted by atomic mass is 16.4. The van der Waals surface area contributed by atoms with Crippen LogP contribution in [0.4, 0.5) is 0 Å². The lowest BCUT2D eigenvalue weighted by Gasteiger charge is -2.31. The molecule has 21 heavy (non-hydrogen) atoms. The first kappa shape index (κ1) is 14.4. The van der Waals surface area contributed by atoms with E-state index in [1.165, 1.54) is 37.7 Å². The van der Waals surface area contributed by atoms with Crippen LogP contribution in [0.2, 0.25) is 0 Å². The highest BCUT2D eigenvalue weighted by Gasteiger charge is 2.25. The number of hydrogen-bond donors (Lipinski definition) is 2. The van der Waals surface area contributed by atoms with Gasteiger partial charge in [-0.05, 0) is 49.4 Å². The van der Waals surface area contributed by atoms with Gasteiger partial charge in [-0.15, -0.1) is 0 Å². The van der Waals surface area contributed by atoms with Crippen LogP contribution in [0.5, 0.6) is 0 Å². The first-order chi connectivity index (χ1) is 10.3. The lowest BCUT2D eigenvalue weighted by Crippen LogP contribution is -2.30. The van der Waals surface area contributed by atoms with Crippen molar-refractivity contribution >= 4 is 11.1 Å². The second-order valence-electron chi connectivity index (χ2n) is 6.10. The van der Waals surface area contributed by atoms with Gasteiger partial charge < -0.3 is 9.73 Å². The molecule has 2 aromatic rings. The molecule has 0 saturated heterocycles. The Labute approximate surface area is 124 Å². The smallest absolute Gasteiger partial charge is 0.408 e. The SMILES string of the molecule is CCCNC(c1ccc2[nH]c(=O)oc2c1)C1CCCCC1. The summed E-state index contributed by atoms with van der Waals surface area (Å²) in [7, 11) is 0. The molecule has 2 N–H and O–H groups in total. The maximum absolute atomic E-state index is 11.3. The number of benzene rings is 1. The van der Waals surface area contributed by atoms with E-state index in [2.05, 4.69) is 23.3 Å². The molecule has 1 heterocycles. The van der Waals surface area contributed by atoms with Gasteiger partial charge in [-0.25, -0.2) is 4.79 Å². The van der Waals surface area contributed by atoms with Crippen molar-refractivity contribution in [3.05, 3.63) is 34.3 Å². The minimum absolute atomic E-state index is 0.370. The van der Waals surface area contributed by atoms with E-state index in [-0.39, 0.29) is 5.76 Å². The van der Waals surface area contributed by atoms with Gasteiger partial charge in [-0.2, -0.15) is 0 Å². The van der Waals surface area contributed by atoms with E-state index in [9.17, 15) is 4.79 Å². The van der Waals surface area contributed by atoms with E-state index in [0.29, 0.717) is 17.5 Å². The van der Waals surface area contributed by atoms with Crippen LogP contribution in [0, 0.1) is 5.92 Å². The number of rotatable bonds is 5. The fourth-order valence-electron chi connectivity index (χ4n) is 3.48. The minimum atomic E-state index is -0.377. The quantitative estimate of drug-likeness (QED) is 0.881. The van der Waals surface area contributed by atoms with E-state index in [1.54, 1.807) is 0 Å². The fraction of sp³-hybridized carbons (Fsp3) is 0.588. The largest absolute Gasteiger partial charge is 0.417 e. The van der Waals surface area contributed by atoms with Gasteiger partial charge in [0.1, 0.15) is 0 Å². The molecule has 1 aromatic carbocycles. The standard InChI is InChI=1S/C17H24N2O2/c1-2-10-18-16(12-6-4-3-5-7-12)13-8-9-14-15(11-13)21-17(20)19-14/h8-9,11-12,16,18H,2-7,10H2,1H3,(H,19,20). The molecule has 4 heteroatoms. The lowest BCUT2D eigenvalue weighted by atomic mass is 9.81. The minimum Gasteiger partial charge on any atom is -0.408 e. The summed E-state index contributed by atoms with van der Waals surface area (Å²) in [4.78, 5) is 14.0. The monoisotopic (exact) mass is 288 g/mol. The number of aromatic amines is 1. The summed E-state index contributed by atoms with van der Waals surface area (Å²) in [6, 6.07) is 6.47. The maximum Gasteiger partial charge on any atom is 0.417 e. The van der Waals surface area contributed by atoms with Gasteiger partial charge in [0.2, 0.25) is 0 Å². The van der Waals surface area contributed by atoms with Crippen LogP contribution in [0.1, 0.15) is 57.1 Å². The molecule has 1 aromatic heterocycles. The molecular formula is C17H24N2O2. The van der Waals surface area contributed by atoms with E-state index in [1.807, 2.05) is 12.1 Å². The van der Waals surface area contributed by atoms with Crippen LogP contribution in [0.15, 0.2) is 27.4 Å². The topological polar surface area (TPSA) is 58.0 Å². The van der Waals surface area contributed by atoms with Crippen molar-refractivity contribution in [1.29, 1.82) is 0 Å². The van der Waals surface area contributed by atoms with Crippen LogP contribution in [0.25, 0.3) is 11.1 Å². The molecule has 1 fully saturated rings. The van der Waals surface area contributed by atoms with Gasteiger partial charge in [0.05, 0.1) is 5.52 Å². The van der Waals surface area contributed by atoms with Gasteiger partial charge in [-0.3, -0.25) is 4.98 Å². The Balaban J connectivity index is 1.89. The summed E-state index contributed by atoms with van der Waals surface area (Å²) in [6.07, 6.45) is 7.73. The van der Waals surface area contributed by atoms with Gasteiger partial charge >= 0.3 is 5.76 Å². The number of oxazole rings is 1. The molecule has 4 nitrogen and oxygen atoms in total. The summed E-state index contributed by atoms with van der Waals surface area (Å²) >= 11 is 0.